The zero-order valence-electron chi connectivity index (χ0n) is 9.76. The number of hydrogen-bond donors (Lipinski definition) is 2. The van der Waals surface area contributed by atoms with Crippen molar-refractivity contribution in [2.24, 2.45) is 11.7 Å². The molecule has 1 saturated carbocycles. The lowest BCUT2D eigenvalue weighted by Gasteiger charge is -2.15. The van der Waals surface area contributed by atoms with Crippen LogP contribution in [0, 0.1) is 5.92 Å². The minimum Gasteiger partial charge on any atom is -0.353 e. The summed E-state index contributed by atoms with van der Waals surface area (Å²) in [5.41, 5.74) is 5.84. The second-order valence-corrected chi connectivity index (χ2v) is 6.90. The zero-order valence-corrected chi connectivity index (χ0v) is 10.6. The maximum Gasteiger partial charge on any atom is 0.235 e. The molecule has 0 radical (unpaired) electrons. The number of nitrogens with zero attached hydrogens (tertiary/aromatic N) is 1. The Morgan fingerprint density at radius 2 is 2.18 bits per heavy atom. The zero-order chi connectivity index (χ0) is 12.5. The predicted octanol–water partition coefficient (Wildman–Crippen LogP) is -1.12. The first kappa shape index (κ1) is 12.8. The van der Waals surface area contributed by atoms with Gasteiger partial charge in [-0.25, -0.2) is 8.42 Å². The van der Waals surface area contributed by atoms with Gasteiger partial charge in [0.2, 0.25) is 15.9 Å². The summed E-state index contributed by atoms with van der Waals surface area (Å²) in [6.07, 6.45) is 2.88. The van der Waals surface area contributed by atoms with Crippen molar-refractivity contribution >= 4 is 15.9 Å². The lowest BCUT2D eigenvalue weighted by atomic mass is 10.2. The Hall–Kier alpha value is -0.660. The highest BCUT2D eigenvalue weighted by molar-refractivity contribution is 7.89. The first-order valence-corrected chi connectivity index (χ1v) is 7.60. The molecule has 17 heavy (non-hydrogen) atoms. The van der Waals surface area contributed by atoms with Crippen LogP contribution in [0.15, 0.2) is 0 Å². The fraction of sp³-hybridized carbons (Fsp3) is 0.900. The number of hydrogen-bond acceptors (Lipinski definition) is 4. The van der Waals surface area contributed by atoms with Crippen LogP contribution in [0.5, 0.6) is 0 Å². The molecule has 0 spiro atoms. The fourth-order valence-corrected chi connectivity index (χ4v) is 3.48. The Kier molecular flexibility index (Phi) is 3.70. The first-order valence-electron chi connectivity index (χ1n) is 5.99. The Morgan fingerprint density at radius 1 is 1.47 bits per heavy atom. The van der Waals surface area contributed by atoms with Crippen molar-refractivity contribution in [3.8, 4) is 0 Å². The van der Waals surface area contributed by atoms with Gasteiger partial charge in [-0.3, -0.25) is 4.79 Å². The van der Waals surface area contributed by atoms with E-state index in [0.29, 0.717) is 25.4 Å². The molecule has 1 atom stereocenters. The van der Waals surface area contributed by atoms with Gasteiger partial charge in [0.15, 0.2) is 0 Å². The summed E-state index contributed by atoms with van der Waals surface area (Å²) in [5.74, 6) is 0.430. The fourth-order valence-electron chi connectivity index (χ4n) is 2.01. The smallest absolute Gasteiger partial charge is 0.235 e. The summed E-state index contributed by atoms with van der Waals surface area (Å²) in [7, 11) is -3.18. The van der Waals surface area contributed by atoms with Crippen LogP contribution in [-0.2, 0) is 14.8 Å². The van der Waals surface area contributed by atoms with Crippen molar-refractivity contribution < 1.29 is 13.2 Å². The van der Waals surface area contributed by atoms with Crippen molar-refractivity contribution in [1.29, 1.82) is 0 Å². The highest BCUT2D eigenvalue weighted by atomic mass is 32.2. The molecule has 6 nitrogen and oxygen atoms in total. The summed E-state index contributed by atoms with van der Waals surface area (Å²) in [4.78, 5) is 11.6. The number of amides is 1. The van der Waals surface area contributed by atoms with E-state index in [1.165, 1.54) is 4.31 Å². The second-order valence-electron chi connectivity index (χ2n) is 4.81. The molecule has 2 aliphatic rings. The van der Waals surface area contributed by atoms with Crippen LogP contribution in [0.3, 0.4) is 0 Å². The van der Waals surface area contributed by atoms with Gasteiger partial charge in [0.05, 0.1) is 12.3 Å². The number of nitrogens with two attached hydrogens (primary N) is 1. The van der Waals surface area contributed by atoms with Gasteiger partial charge in [0.25, 0.3) is 0 Å². The van der Waals surface area contributed by atoms with Crippen molar-refractivity contribution in [2.45, 2.75) is 25.3 Å². The van der Waals surface area contributed by atoms with Gasteiger partial charge < -0.3 is 11.1 Å². The lowest BCUT2D eigenvalue weighted by molar-refractivity contribution is -0.121. The Morgan fingerprint density at radius 3 is 2.71 bits per heavy atom. The third-order valence-corrected chi connectivity index (χ3v) is 5.19. The molecule has 1 amide bonds. The van der Waals surface area contributed by atoms with Crippen molar-refractivity contribution in [2.75, 3.05) is 25.4 Å². The van der Waals surface area contributed by atoms with Crippen LogP contribution in [0.1, 0.15) is 19.3 Å². The van der Waals surface area contributed by atoms with Gasteiger partial charge in [0, 0.05) is 19.1 Å². The average molecular weight is 261 g/mol. The normalized spacial score (nSPS) is 25.7. The van der Waals surface area contributed by atoms with E-state index in [0.717, 1.165) is 12.8 Å². The third kappa shape index (κ3) is 3.40. The maximum atomic E-state index is 11.6. The molecule has 0 aromatic heterocycles. The molecule has 0 bridgehead atoms. The molecular weight excluding hydrogens is 242 g/mol. The Balaban J connectivity index is 1.73. The highest BCUT2D eigenvalue weighted by Gasteiger charge is 2.31. The summed E-state index contributed by atoms with van der Waals surface area (Å²) >= 11 is 0. The van der Waals surface area contributed by atoms with E-state index in [1.807, 2.05) is 0 Å². The van der Waals surface area contributed by atoms with Crippen LogP contribution in [0.4, 0.5) is 0 Å². The molecule has 1 saturated heterocycles. The van der Waals surface area contributed by atoms with Crippen LogP contribution in [0.2, 0.25) is 0 Å². The number of nitrogens with one attached hydrogen (secondary N) is 1. The van der Waals surface area contributed by atoms with E-state index in [1.54, 1.807) is 0 Å². The van der Waals surface area contributed by atoms with Crippen LogP contribution < -0.4 is 11.1 Å². The predicted molar refractivity (Wildman–Crippen MR) is 63.7 cm³/mol. The van der Waals surface area contributed by atoms with E-state index in [-0.39, 0.29) is 24.2 Å². The number of rotatable bonds is 5. The van der Waals surface area contributed by atoms with Gasteiger partial charge in [-0.05, 0) is 25.2 Å². The van der Waals surface area contributed by atoms with Crippen LogP contribution >= 0.6 is 0 Å². The van der Waals surface area contributed by atoms with Crippen molar-refractivity contribution in [1.82, 2.24) is 9.62 Å². The van der Waals surface area contributed by atoms with Gasteiger partial charge in [0.1, 0.15) is 0 Å². The molecule has 98 valence electrons. The third-order valence-electron chi connectivity index (χ3n) is 3.29. The van der Waals surface area contributed by atoms with E-state index in [4.69, 9.17) is 5.73 Å². The molecule has 3 N–H and O–H groups in total. The van der Waals surface area contributed by atoms with E-state index in [9.17, 15) is 13.2 Å². The minimum atomic E-state index is -3.18. The van der Waals surface area contributed by atoms with Gasteiger partial charge in [-0.15, -0.1) is 0 Å². The minimum absolute atomic E-state index is 0.00846. The summed E-state index contributed by atoms with van der Waals surface area (Å²) in [6, 6.07) is 0.00846. The molecule has 0 aromatic rings. The monoisotopic (exact) mass is 261 g/mol. The number of carbonyl (C=O) groups is 1. The van der Waals surface area contributed by atoms with Crippen LogP contribution in [-0.4, -0.2) is 50.1 Å². The second kappa shape index (κ2) is 4.91. The number of sulfonamides is 1. The van der Waals surface area contributed by atoms with E-state index < -0.39 is 10.0 Å². The molecule has 2 fully saturated rings. The van der Waals surface area contributed by atoms with E-state index >= 15 is 0 Å². The van der Waals surface area contributed by atoms with Gasteiger partial charge >= 0.3 is 0 Å². The van der Waals surface area contributed by atoms with Crippen molar-refractivity contribution in [3.63, 3.8) is 0 Å². The summed E-state index contributed by atoms with van der Waals surface area (Å²) in [5, 5.41) is 2.70. The molecule has 1 aliphatic heterocycles. The molecule has 1 unspecified atom stereocenters. The quantitative estimate of drug-likeness (QED) is 0.655. The first-order chi connectivity index (χ1) is 7.99. The topological polar surface area (TPSA) is 92.5 Å². The van der Waals surface area contributed by atoms with Crippen molar-refractivity contribution in [3.05, 3.63) is 0 Å². The standard InChI is InChI=1S/C10H19N3O3S/c11-9(8-2-3-8)6-12-10(14)7-13-4-1-5-17(13,15)16/h8-9H,1-7,11H2,(H,12,14). The molecular formula is C10H19N3O3S. The lowest BCUT2D eigenvalue weighted by Crippen LogP contribution is -2.43. The van der Waals surface area contributed by atoms with Gasteiger partial charge in [-0.2, -0.15) is 4.31 Å². The maximum absolute atomic E-state index is 11.6. The molecule has 1 heterocycles. The highest BCUT2D eigenvalue weighted by Crippen LogP contribution is 2.31. The summed E-state index contributed by atoms with van der Waals surface area (Å²) in [6.45, 7) is 0.821. The molecule has 7 heteroatoms. The number of carbonyl (C=O) groups excluding carboxylic acids is 1. The molecule has 1 aliphatic carbocycles. The largest absolute Gasteiger partial charge is 0.353 e. The van der Waals surface area contributed by atoms with Crippen LogP contribution in [0.25, 0.3) is 0 Å². The molecule has 0 aromatic carbocycles. The SMILES string of the molecule is NC(CNC(=O)CN1CCCS1(=O)=O)C1CC1. The summed E-state index contributed by atoms with van der Waals surface area (Å²) < 4.78 is 24.2. The average Bonchev–Trinajstić information content (AvgIpc) is 3.03. The Bertz CT molecular complexity index is 392. The van der Waals surface area contributed by atoms with E-state index in [2.05, 4.69) is 5.32 Å². The molecule has 2 rings (SSSR count). The van der Waals surface area contributed by atoms with Gasteiger partial charge in [-0.1, -0.05) is 0 Å². The Labute approximate surface area is 102 Å².